The lowest BCUT2D eigenvalue weighted by Gasteiger charge is -2.38. The van der Waals surface area contributed by atoms with Gasteiger partial charge in [0.1, 0.15) is 11.6 Å². The van der Waals surface area contributed by atoms with Crippen molar-refractivity contribution in [3.63, 3.8) is 0 Å². The van der Waals surface area contributed by atoms with Crippen molar-refractivity contribution in [3.8, 4) is 5.75 Å². The van der Waals surface area contributed by atoms with Gasteiger partial charge in [-0.05, 0) is 38.6 Å². The van der Waals surface area contributed by atoms with Crippen LogP contribution in [-0.4, -0.2) is 43.6 Å². The van der Waals surface area contributed by atoms with Crippen molar-refractivity contribution >= 4 is 11.6 Å². The second-order valence-corrected chi connectivity index (χ2v) is 5.54. The molecule has 108 valence electrons. The Labute approximate surface area is 118 Å². The Morgan fingerprint density at radius 2 is 2.25 bits per heavy atom. The Bertz CT molecular complexity index is 521. The van der Waals surface area contributed by atoms with Crippen molar-refractivity contribution in [2.24, 2.45) is 0 Å². The predicted octanol–water partition coefficient (Wildman–Crippen LogP) is 2.04. The summed E-state index contributed by atoms with van der Waals surface area (Å²) in [5.41, 5.74) is 0.556. The lowest BCUT2D eigenvalue weighted by Crippen LogP contribution is -2.49. The summed E-state index contributed by atoms with van der Waals surface area (Å²) < 4.78 is 18.8. The van der Waals surface area contributed by atoms with Gasteiger partial charge in [-0.1, -0.05) is 6.42 Å². The van der Waals surface area contributed by atoms with E-state index in [0.717, 1.165) is 13.0 Å². The Hall–Kier alpha value is -1.62. The third-order valence-electron chi connectivity index (χ3n) is 4.18. The van der Waals surface area contributed by atoms with Crippen molar-refractivity contribution < 1.29 is 13.9 Å². The maximum Gasteiger partial charge on any atom is 0.265 e. The average molecular weight is 278 g/mol. The number of fused-ring (bicyclic) bond motifs is 1. The summed E-state index contributed by atoms with van der Waals surface area (Å²) in [6.45, 7) is 1.70. The Morgan fingerprint density at radius 1 is 1.40 bits per heavy atom. The average Bonchev–Trinajstić information content (AvgIpc) is 2.44. The third-order valence-corrected chi connectivity index (χ3v) is 4.18. The van der Waals surface area contributed by atoms with Crippen LogP contribution in [0, 0.1) is 5.82 Å². The normalized spacial score (nSPS) is 23.4. The summed E-state index contributed by atoms with van der Waals surface area (Å²) in [5.74, 6) is 0.149. The van der Waals surface area contributed by atoms with Gasteiger partial charge in [-0.2, -0.15) is 0 Å². The van der Waals surface area contributed by atoms with E-state index in [1.165, 1.54) is 25.0 Å². The van der Waals surface area contributed by atoms with E-state index in [-0.39, 0.29) is 18.3 Å². The fraction of sp³-hybridized carbons (Fsp3) is 0.533. The third kappa shape index (κ3) is 2.50. The van der Waals surface area contributed by atoms with Crippen LogP contribution < -0.4 is 9.64 Å². The van der Waals surface area contributed by atoms with Crippen LogP contribution in [0.15, 0.2) is 18.2 Å². The first-order valence-corrected chi connectivity index (χ1v) is 7.08. The molecular weight excluding hydrogens is 259 g/mol. The maximum absolute atomic E-state index is 13.4. The number of hydrogen-bond donors (Lipinski definition) is 0. The lowest BCUT2D eigenvalue weighted by molar-refractivity contribution is -0.121. The zero-order valence-electron chi connectivity index (χ0n) is 11.6. The highest BCUT2D eigenvalue weighted by atomic mass is 19.1. The molecule has 0 spiro atoms. The monoisotopic (exact) mass is 278 g/mol. The molecular formula is C15H19FN2O2. The van der Waals surface area contributed by atoms with Gasteiger partial charge in [-0.3, -0.25) is 4.79 Å². The lowest BCUT2D eigenvalue weighted by atomic mass is 10.0. The van der Waals surface area contributed by atoms with E-state index in [9.17, 15) is 9.18 Å². The van der Waals surface area contributed by atoms with Crippen molar-refractivity contribution in [3.05, 3.63) is 24.0 Å². The van der Waals surface area contributed by atoms with E-state index in [1.807, 2.05) is 0 Å². The molecule has 1 aromatic carbocycles. The topological polar surface area (TPSA) is 32.8 Å². The SMILES string of the molecule is CN1CCCCC1CN1C(=O)COc2ccc(F)cc21. The first-order chi connectivity index (χ1) is 9.65. The van der Waals surface area contributed by atoms with Crippen LogP contribution in [0.25, 0.3) is 0 Å². The van der Waals surface area contributed by atoms with Crippen molar-refractivity contribution in [1.29, 1.82) is 0 Å². The molecule has 3 rings (SSSR count). The molecule has 4 nitrogen and oxygen atoms in total. The fourth-order valence-electron chi connectivity index (χ4n) is 2.96. The molecule has 0 aliphatic carbocycles. The van der Waals surface area contributed by atoms with E-state index in [1.54, 1.807) is 11.0 Å². The Kier molecular flexibility index (Phi) is 3.61. The van der Waals surface area contributed by atoms with E-state index in [4.69, 9.17) is 4.74 Å². The van der Waals surface area contributed by atoms with Crippen molar-refractivity contribution in [2.75, 3.05) is 31.6 Å². The second kappa shape index (κ2) is 5.40. The van der Waals surface area contributed by atoms with E-state index in [0.29, 0.717) is 24.0 Å². The Balaban J connectivity index is 1.85. The predicted molar refractivity (Wildman–Crippen MR) is 74.5 cm³/mol. The fourth-order valence-corrected chi connectivity index (χ4v) is 2.96. The van der Waals surface area contributed by atoms with Crippen LogP contribution >= 0.6 is 0 Å². The summed E-state index contributed by atoms with van der Waals surface area (Å²) in [6, 6.07) is 4.67. The number of hydrogen-bond acceptors (Lipinski definition) is 3. The van der Waals surface area contributed by atoms with Gasteiger partial charge in [0.05, 0.1) is 5.69 Å². The molecule has 2 aliphatic rings. The number of likely N-dealkylation sites (tertiary alicyclic amines) is 1. The number of ether oxygens (including phenoxy) is 1. The molecule has 1 atom stereocenters. The van der Waals surface area contributed by atoms with Gasteiger partial charge in [0, 0.05) is 18.7 Å². The standard InChI is InChI=1S/C15H19FN2O2/c1-17-7-3-2-4-12(17)9-18-13-8-11(16)5-6-14(13)20-10-15(18)19/h5-6,8,12H,2-4,7,9-10H2,1H3. The highest BCUT2D eigenvalue weighted by Crippen LogP contribution is 2.33. The van der Waals surface area contributed by atoms with Crippen LogP contribution in [0.1, 0.15) is 19.3 Å². The first-order valence-electron chi connectivity index (χ1n) is 7.08. The van der Waals surface area contributed by atoms with Gasteiger partial charge in [0.2, 0.25) is 0 Å². The van der Waals surface area contributed by atoms with Crippen LogP contribution in [0.2, 0.25) is 0 Å². The number of benzene rings is 1. The number of carbonyl (C=O) groups excluding carboxylic acids is 1. The molecule has 1 unspecified atom stereocenters. The molecule has 0 saturated carbocycles. The number of amides is 1. The van der Waals surface area contributed by atoms with Gasteiger partial charge in [0.15, 0.2) is 6.61 Å². The number of carbonyl (C=O) groups is 1. The van der Waals surface area contributed by atoms with E-state index in [2.05, 4.69) is 11.9 Å². The number of rotatable bonds is 2. The minimum absolute atomic E-state index is 0.0368. The second-order valence-electron chi connectivity index (χ2n) is 5.54. The number of anilines is 1. The summed E-state index contributed by atoms with van der Waals surface area (Å²) in [5, 5.41) is 0. The number of nitrogens with zero attached hydrogens (tertiary/aromatic N) is 2. The molecule has 0 radical (unpaired) electrons. The minimum atomic E-state index is -0.343. The van der Waals surface area contributed by atoms with Gasteiger partial charge in [-0.25, -0.2) is 4.39 Å². The maximum atomic E-state index is 13.4. The van der Waals surface area contributed by atoms with Crippen molar-refractivity contribution in [1.82, 2.24) is 4.90 Å². The van der Waals surface area contributed by atoms with Gasteiger partial charge in [0.25, 0.3) is 5.91 Å². The zero-order chi connectivity index (χ0) is 14.1. The number of piperidine rings is 1. The molecule has 2 heterocycles. The molecule has 0 aromatic heterocycles. The molecule has 1 aromatic rings. The highest BCUT2D eigenvalue weighted by Gasteiger charge is 2.30. The molecule has 0 bridgehead atoms. The van der Waals surface area contributed by atoms with Crippen LogP contribution in [0.4, 0.5) is 10.1 Å². The molecule has 0 N–H and O–H groups in total. The van der Waals surface area contributed by atoms with Crippen LogP contribution in [0.3, 0.4) is 0 Å². The Morgan fingerprint density at radius 3 is 3.05 bits per heavy atom. The highest BCUT2D eigenvalue weighted by molar-refractivity contribution is 5.97. The quantitative estimate of drug-likeness (QED) is 0.830. The first kappa shape index (κ1) is 13.4. The summed E-state index contributed by atoms with van der Waals surface area (Å²) in [7, 11) is 2.08. The molecule has 1 saturated heterocycles. The van der Waals surface area contributed by atoms with Crippen LogP contribution in [0.5, 0.6) is 5.75 Å². The molecule has 1 fully saturated rings. The number of halogens is 1. The molecule has 1 amide bonds. The molecule has 20 heavy (non-hydrogen) atoms. The summed E-state index contributed by atoms with van der Waals surface area (Å²) >= 11 is 0. The summed E-state index contributed by atoms with van der Waals surface area (Å²) in [4.78, 5) is 16.1. The van der Waals surface area contributed by atoms with Crippen LogP contribution in [-0.2, 0) is 4.79 Å². The van der Waals surface area contributed by atoms with Gasteiger partial charge in [-0.15, -0.1) is 0 Å². The van der Waals surface area contributed by atoms with Gasteiger partial charge < -0.3 is 14.5 Å². The van der Waals surface area contributed by atoms with Crippen molar-refractivity contribution in [2.45, 2.75) is 25.3 Å². The largest absolute Gasteiger partial charge is 0.482 e. The number of likely N-dealkylation sites (N-methyl/N-ethyl adjacent to an activating group) is 1. The smallest absolute Gasteiger partial charge is 0.265 e. The van der Waals surface area contributed by atoms with Gasteiger partial charge >= 0.3 is 0 Å². The summed E-state index contributed by atoms with van der Waals surface area (Å²) in [6.07, 6.45) is 3.46. The molecule has 5 heteroatoms. The zero-order valence-corrected chi connectivity index (χ0v) is 11.6. The van der Waals surface area contributed by atoms with E-state index >= 15 is 0 Å². The molecule has 2 aliphatic heterocycles. The minimum Gasteiger partial charge on any atom is -0.482 e. The van der Waals surface area contributed by atoms with E-state index < -0.39 is 0 Å².